The number of amides is 5. The second-order valence-electron chi connectivity index (χ2n) is 21.7. The Morgan fingerprint density at radius 3 is 1.10 bits per heavy atom. The molecule has 5 amide bonds. The standard InChI is InChI=1S/C54H97N5O25/c1-2-3-4-5-6-7-8-9-10-11-12-13-14-39(66)58-32(15-16-40(67)68)50(78)59-54(20-17-36(63)55-23-26-79-51-47(75)44(72)41(69)33(29-60)82-51,21-18-37(64)56-24-27-80-52-48(76)45(73)42(70)34(30-61)83-52)22-19-38(65)57-25-28-81-53-49(77)46(74)43(71)35(31-62)84-53/h32-35,41-49,51-53,60-62,69-77H,2-31H2,1H3,(H,55,63)(H,56,64)(H,57,65)(H,58,66)(H,59,78)(H,67,68)/t32?,33-,34-,35-,41-,42-,43-,44+,45+,46+,47+,48+,49+,51+,52+,53+/m1/s1. The van der Waals surface area contributed by atoms with Crippen LogP contribution < -0.4 is 26.6 Å². The average Bonchev–Trinajstić information content (AvgIpc) is 3.56. The fraction of sp³-hybridized carbons (Fsp3) is 0.889. The Hall–Kier alpha value is -3.90. The van der Waals surface area contributed by atoms with Gasteiger partial charge in [-0.05, 0) is 32.1 Å². The number of hydrogen-bond acceptors (Lipinski definition) is 24. The summed E-state index contributed by atoms with van der Waals surface area (Å²) in [6.45, 7) is -1.59. The molecule has 0 radical (unpaired) electrons. The maximum absolute atomic E-state index is 14.5. The highest BCUT2D eigenvalue weighted by Crippen LogP contribution is 2.28. The van der Waals surface area contributed by atoms with Gasteiger partial charge in [0.05, 0.1) is 39.6 Å². The first-order valence-corrected chi connectivity index (χ1v) is 29.5. The third-order valence-electron chi connectivity index (χ3n) is 15.1. The maximum Gasteiger partial charge on any atom is 0.303 e. The number of ether oxygens (including phenoxy) is 6. The van der Waals surface area contributed by atoms with Crippen molar-refractivity contribution in [2.75, 3.05) is 59.3 Å². The quantitative estimate of drug-likeness (QED) is 0.0256. The van der Waals surface area contributed by atoms with Gasteiger partial charge in [-0.2, -0.15) is 0 Å². The van der Waals surface area contributed by atoms with Crippen molar-refractivity contribution in [1.82, 2.24) is 26.6 Å². The van der Waals surface area contributed by atoms with Crippen molar-refractivity contribution in [2.24, 2.45) is 0 Å². The molecule has 0 aliphatic carbocycles. The van der Waals surface area contributed by atoms with E-state index in [-0.39, 0.29) is 71.6 Å². The normalized spacial score (nSPS) is 28.5. The first-order chi connectivity index (χ1) is 40.1. The third-order valence-corrected chi connectivity index (χ3v) is 15.1. The van der Waals surface area contributed by atoms with Gasteiger partial charge < -0.3 is 121 Å². The number of carbonyl (C=O) groups excluding carboxylic acids is 5. The van der Waals surface area contributed by atoms with Crippen LogP contribution in [0.5, 0.6) is 0 Å². The smallest absolute Gasteiger partial charge is 0.303 e. The zero-order chi connectivity index (χ0) is 62.2. The number of nitrogens with one attached hydrogen (secondary N) is 5. The molecule has 3 rings (SSSR count). The van der Waals surface area contributed by atoms with Gasteiger partial charge in [0.15, 0.2) is 18.9 Å². The summed E-state index contributed by atoms with van der Waals surface area (Å²) in [5.74, 6) is -4.68. The molecule has 3 aliphatic heterocycles. The molecule has 30 nitrogen and oxygen atoms in total. The molecular weight excluding hydrogens is 1120 g/mol. The van der Waals surface area contributed by atoms with Gasteiger partial charge in [-0.3, -0.25) is 28.8 Å². The van der Waals surface area contributed by atoms with E-state index in [2.05, 4.69) is 33.5 Å². The van der Waals surface area contributed by atoms with Gasteiger partial charge in [-0.25, -0.2) is 0 Å². The SMILES string of the molecule is CCCCCCCCCCCCCCC(=O)NC(CCC(=O)O)C(=O)NC(CCC(=O)NCCO[C@H]1O[C@H](CO)[C@@H](O)[C@H](O)[C@@H]1O)(CCC(=O)NCCO[C@H]1O[C@H](CO)[C@@H](O)[C@H](O)[C@@H]1O)CCC(=O)NCCO[C@H]1O[C@H](CO)[C@@H](O)[C@H](O)[C@@H]1O. The van der Waals surface area contributed by atoms with Crippen LogP contribution in [0.3, 0.4) is 0 Å². The number of unbranched alkanes of at least 4 members (excludes halogenated alkanes) is 11. The highest BCUT2D eigenvalue weighted by molar-refractivity contribution is 5.89. The summed E-state index contributed by atoms with van der Waals surface area (Å²) in [5, 5.41) is 143. The fourth-order valence-electron chi connectivity index (χ4n) is 9.88. The van der Waals surface area contributed by atoms with Crippen molar-refractivity contribution < 1.29 is 124 Å². The van der Waals surface area contributed by atoms with Gasteiger partial charge in [0.2, 0.25) is 29.5 Å². The Labute approximate surface area is 489 Å². The summed E-state index contributed by atoms with van der Waals surface area (Å²) in [5.41, 5.74) is -1.67. The number of aliphatic hydroxyl groups excluding tert-OH is 12. The summed E-state index contributed by atoms with van der Waals surface area (Å²) in [4.78, 5) is 80.5. The van der Waals surface area contributed by atoms with E-state index in [1.807, 2.05) is 0 Å². The predicted molar refractivity (Wildman–Crippen MR) is 291 cm³/mol. The minimum Gasteiger partial charge on any atom is -0.481 e. The van der Waals surface area contributed by atoms with Crippen LogP contribution in [0.25, 0.3) is 0 Å². The second kappa shape index (κ2) is 40.5. The van der Waals surface area contributed by atoms with E-state index in [0.717, 1.165) is 32.1 Å². The monoisotopic (exact) mass is 1220 g/mol. The van der Waals surface area contributed by atoms with E-state index in [1.54, 1.807) is 0 Å². The summed E-state index contributed by atoms with van der Waals surface area (Å²) < 4.78 is 32.4. The predicted octanol–water partition coefficient (Wildman–Crippen LogP) is -4.58. The Balaban J connectivity index is 1.81. The zero-order valence-corrected chi connectivity index (χ0v) is 48.2. The van der Waals surface area contributed by atoms with E-state index in [9.17, 15) is 95.2 Å². The first kappa shape index (κ1) is 74.4. The number of carboxylic acids is 1. The van der Waals surface area contributed by atoms with Crippen molar-refractivity contribution in [3.8, 4) is 0 Å². The lowest BCUT2D eigenvalue weighted by Gasteiger charge is -2.39. The lowest BCUT2D eigenvalue weighted by atomic mass is 9.82. The molecule has 0 saturated carbocycles. The molecule has 0 aromatic rings. The Bertz CT molecular complexity index is 1760. The van der Waals surface area contributed by atoms with Crippen LogP contribution in [0.1, 0.15) is 142 Å². The third kappa shape index (κ3) is 26.2. The lowest BCUT2D eigenvalue weighted by Crippen LogP contribution is -2.59. The summed E-state index contributed by atoms with van der Waals surface area (Å²) in [6, 6.07) is -1.44. The van der Waals surface area contributed by atoms with Crippen LogP contribution in [-0.4, -0.2) is 265 Å². The molecule has 18 N–H and O–H groups in total. The molecule has 3 saturated heterocycles. The van der Waals surface area contributed by atoms with Gasteiger partial charge in [0.1, 0.15) is 79.3 Å². The minimum atomic E-state index is -1.73. The first-order valence-electron chi connectivity index (χ1n) is 29.5. The highest BCUT2D eigenvalue weighted by atomic mass is 16.7. The minimum absolute atomic E-state index is 0.0280. The van der Waals surface area contributed by atoms with Gasteiger partial charge in [0, 0.05) is 57.3 Å². The van der Waals surface area contributed by atoms with Crippen LogP contribution in [0, 0.1) is 0 Å². The number of carbonyl (C=O) groups is 6. The molecule has 0 aromatic carbocycles. The maximum atomic E-state index is 14.5. The summed E-state index contributed by atoms with van der Waals surface area (Å²) >= 11 is 0. The van der Waals surface area contributed by atoms with Crippen LogP contribution in [0.2, 0.25) is 0 Å². The molecule has 488 valence electrons. The van der Waals surface area contributed by atoms with E-state index < -0.39 is 185 Å². The van der Waals surface area contributed by atoms with Crippen molar-refractivity contribution in [3.63, 3.8) is 0 Å². The molecular formula is C54H97N5O25. The van der Waals surface area contributed by atoms with Gasteiger partial charge in [-0.15, -0.1) is 0 Å². The number of hydrogen-bond donors (Lipinski definition) is 18. The number of carboxylic acid groups (broad SMARTS) is 1. The molecule has 3 aliphatic rings. The Kier molecular flexibility index (Phi) is 35.9. The Morgan fingerprint density at radius 1 is 0.440 bits per heavy atom. The van der Waals surface area contributed by atoms with Crippen molar-refractivity contribution in [2.45, 2.75) is 245 Å². The number of aliphatic hydroxyl groups is 12. The van der Waals surface area contributed by atoms with Crippen molar-refractivity contribution in [3.05, 3.63) is 0 Å². The summed E-state index contributed by atoms with van der Waals surface area (Å²) in [7, 11) is 0. The molecule has 84 heavy (non-hydrogen) atoms. The molecule has 3 heterocycles. The molecule has 0 bridgehead atoms. The number of rotatable bonds is 43. The van der Waals surface area contributed by atoms with Crippen molar-refractivity contribution >= 4 is 35.5 Å². The van der Waals surface area contributed by atoms with E-state index >= 15 is 0 Å². The zero-order valence-electron chi connectivity index (χ0n) is 48.2. The molecule has 0 spiro atoms. The second-order valence-corrected chi connectivity index (χ2v) is 21.7. The van der Waals surface area contributed by atoms with Crippen LogP contribution in [0.4, 0.5) is 0 Å². The average molecular weight is 1220 g/mol. The van der Waals surface area contributed by atoms with Gasteiger partial charge in [-0.1, -0.05) is 77.6 Å². The topological polar surface area (TPSA) is 481 Å². The molecule has 1 unspecified atom stereocenters. The van der Waals surface area contributed by atoms with E-state index in [1.165, 1.54) is 38.5 Å². The molecule has 3 fully saturated rings. The van der Waals surface area contributed by atoms with Gasteiger partial charge >= 0.3 is 5.97 Å². The fourth-order valence-corrected chi connectivity index (χ4v) is 9.88. The van der Waals surface area contributed by atoms with Crippen LogP contribution in [-0.2, 0) is 57.2 Å². The molecule has 16 atom stereocenters. The lowest BCUT2D eigenvalue weighted by molar-refractivity contribution is -0.300. The summed E-state index contributed by atoms with van der Waals surface area (Å²) in [6.07, 6.45) is -14.0. The highest BCUT2D eigenvalue weighted by Gasteiger charge is 2.46. The molecule has 30 heteroatoms. The van der Waals surface area contributed by atoms with Crippen LogP contribution >= 0.6 is 0 Å². The van der Waals surface area contributed by atoms with Crippen molar-refractivity contribution in [1.29, 1.82) is 0 Å². The Morgan fingerprint density at radius 2 is 0.774 bits per heavy atom. The van der Waals surface area contributed by atoms with Crippen LogP contribution in [0.15, 0.2) is 0 Å². The largest absolute Gasteiger partial charge is 0.481 e. The van der Waals surface area contributed by atoms with E-state index in [4.69, 9.17) is 28.4 Å². The van der Waals surface area contributed by atoms with E-state index in [0.29, 0.717) is 6.42 Å². The molecule has 0 aromatic heterocycles. The van der Waals surface area contributed by atoms with Gasteiger partial charge in [0.25, 0.3) is 0 Å². The number of aliphatic carboxylic acids is 1.